The number of nitrogens with zero attached hydrogens (tertiary/aromatic N) is 2. The van der Waals surface area contributed by atoms with E-state index in [9.17, 15) is 25.0 Å². The van der Waals surface area contributed by atoms with Gasteiger partial charge in [0.05, 0.1) is 28.3 Å². The van der Waals surface area contributed by atoms with Gasteiger partial charge in [0.2, 0.25) is 0 Å². The number of nitro benzene ring substituents is 1. The molecule has 0 aliphatic carbocycles. The molecule has 1 N–H and O–H groups in total. The van der Waals surface area contributed by atoms with Gasteiger partial charge in [0.15, 0.2) is 0 Å². The highest BCUT2D eigenvalue weighted by Gasteiger charge is 2.14. The lowest BCUT2D eigenvalue weighted by molar-refractivity contribution is -0.384. The second-order valence-corrected chi connectivity index (χ2v) is 5.57. The molecule has 0 fully saturated rings. The highest BCUT2D eigenvalue weighted by Crippen LogP contribution is 2.27. The van der Waals surface area contributed by atoms with E-state index < -0.39 is 16.8 Å². The number of nitro groups is 1. The first kappa shape index (κ1) is 19.6. The second-order valence-electron chi connectivity index (χ2n) is 5.16. The maximum atomic E-state index is 12.3. The number of ether oxygens (including phenoxy) is 1. The van der Waals surface area contributed by atoms with Gasteiger partial charge in [-0.05, 0) is 29.8 Å². The number of hydrogen-bond donors (Lipinski definition) is 1. The summed E-state index contributed by atoms with van der Waals surface area (Å²) in [6.07, 6.45) is 1.33. The van der Waals surface area contributed by atoms with Crippen LogP contribution in [0.2, 0.25) is 5.02 Å². The Kier molecular flexibility index (Phi) is 6.25. The summed E-state index contributed by atoms with van der Waals surface area (Å²) < 4.78 is 4.59. The number of anilines is 1. The van der Waals surface area contributed by atoms with Gasteiger partial charge < -0.3 is 10.1 Å². The predicted molar refractivity (Wildman–Crippen MR) is 98.1 cm³/mol. The highest BCUT2D eigenvalue weighted by molar-refractivity contribution is 6.34. The van der Waals surface area contributed by atoms with Crippen LogP contribution in [-0.4, -0.2) is 23.9 Å². The van der Waals surface area contributed by atoms with E-state index in [0.29, 0.717) is 11.1 Å². The van der Waals surface area contributed by atoms with Crippen molar-refractivity contribution in [1.29, 1.82) is 5.26 Å². The molecule has 2 rings (SSSR count). The van der Waals surface area contributed by atoms with Crippen molar-refractivity contribution in [2.24, 2.45) is 0 Å². The molecule has 0 heterocycles. The smallest absolute Gasteiger partial charge is 0.337 e. The van der Waals surface area contributed by atoms with Crippen LogP contribution in [0.15, 0.2) is 48.0 Å². The molecule has 0 saturated carbocycles. The summed E-state index contributed by atoms with van der Waals surface area (Å²) in [5.74, 6) is -1.23. The number of esters is 1. The first-order valence-electron chi connectivity index (χ1n) is 7.41. The molecule has 0 aliphatic rings. The molecular weight excluding hydrogens is 374 g/mol. The molecule has 0 saturated heterocycles. The molecule has 0 atom stereocenters. The number of nitriles is 1. The first-order chi connectivity index (χ1) is 12.8. The normalized spacial score (nSPS) is 10.6. The minimum absolute atomic E-state index is 0.0303. The van der Waals surface area contributed by atoms with Gasteiger partial charge >= 0.3 is 5.97 Å². The molecule has 0 radical (unpaired) electrons. The third kappa shape index (κ3) is 4.90. The van der Waals surface area contributed by atoms with Crippen LogP contribution in [0.4, 0.5) is 11.4 Å². The van der Waals surface area contributed by atoms with E-state index in [0.717, 1.165) is 6.07 Å². The lowest BCUT2D eigenvalue weighted by Crippen LogP contribution is -2.13. The fraction of sp³-hybridized carbons (Fsp3) is 0.0556. The number of nitrogens with one attached hydrogen (secondary N) is 1. The third-order valence-electron chi connectivity index (χ3n) is 3.42. The van der Waals surface area contributed by atoms with Crippen molar-refractivity contribution in [2.75, 3.05) is 12.4 Å². The number of halogens is 1. The number of methoxy groups -OCH3 is 1. The average Bonchev–Trinajstić information content (AvgIpc) is 2.67. The van der Waals surface area contributed by atoms with Crippen LogP contribution < -0.4 is 5.32 Å². The van der Waals surface area contributed by atoms with Crippen molar-refractivity contribution in [2.45, 2.75) is 0 Å². The summed E-state index contributed by atoms with van der Waals surface area (Å²) in [4.78, 5) is 33.8. The number of carbonyl (C=O) groups excluding carboxylic acids is 2. The van der Waals surface area contributed by atoms with Gasteiger partial charge in [-0.15, -0.1) is 0 Å². The van der Waals surface area contributed by atoms with Gasteiger partial charge in [0, 0.05) is 12.1 Å². The van der Waals surface area contributed by atoms with Crippen LogP contribution in [0.5, 0.6) is 0 Å². The molecule has 0 bridgehead atoms. The summed E-state index contributed by atoms with van der Waals surface area (Å²) in [5.41, 5.74) is 0.545. The van der Waals surface area contributed by atoms with Gasteiger partial charge in [-0.3, -0.25) is 14.9 Å². The summed E-state index contributed by atoms with van der Waals surface area (Å²) in [6.45, 7) is 0. The molecule has 1 amide bonds. The first-order valence-corrected chi connectivity index (χ1v) is 7.79. The Morgan fingerprint density at radius 1 is 1.26 bits per heavy atom. The zero-order valence-electron chi connectivity index (χ0n) is 13.9. The topological polar surface area (TPSA) is 122 Å². The fourth-order valence-electron chi connectivity index (χ4n) is 2.06. The Bertz CT molecular complexity index is 977. The molecule has 0 unspecified atom stereocenters. The zero-order chi connectivity index (χ0) is 20.0. The van der Waals surface area contributed by atoms with E-state index in [2.05, 4.69) is 10.1 Å². The SMILES string of the molecule is COC(=O)c1ccc(C=C(C#N)C(=O)Nc2ccc([N+](=O)[O-])cc2Cl)cc1. The highest BCUT2D eigenvalue weighted by atomic mass is 35.5. The quantitative estimate of drug-likeness (QED) is 0.276. The lowest BCUT2D eigenvalue weighted by atomic mass is 10.1. The van der Waals surface area contributed by atoms with E-state index in [1.54, 1.807) is 18.2 Å². The molecule has 0 aromatic heterocycles. The Balaban J connectivity index is 2.21. The maximum Gasteiger partial charge on any atom is 0.337 e. The zero-order valence-corrected chi connectivity index (χ0v) is 14.7. The monoisotopic (exact) mass is 385 g/mol. The minimum atomic E-state index is -0.731. The average molecular weight is 386 g/mol. The van der Waals surface area contributed by atoms with E-state index in [1.807, 2.05) is 0 Å². The summed E-state index contributed by atoms with van der Waals surface area (Å²) in [7, 11) is 1.26. The number of amides is 1. The molecule has 0 aliphatic heterocycles. The van der Waals surface area contributed by atoms with Gasteiger partial charge in [-0.1, -0.05) is 23.7 Å². The van der Waals surface area contributed by atoms with E-state index in [1.165, 1.54) is 37.5 Å². The third-order valence-corrected chi connectivity index (χ3v) is 3.73. The number of carbonyl (C=O) groups is 2. The van der Waals surface area contributed by atoms with Crippen LogP contribution in [0.1, 0.15) is 15.9 Å². The van der Waals surface area contributed by atoms with Crippen molar-refractivity contribution in [3.8, 4) is 6.07 Å². The minimum Gasteiger partial charge on any atom is -0.465 e. The Morgan fingerprint density at radius 2 is 1.93 bits per heavy atom. The summed E-state index contributed by atoms with van der Waals surface area (Å²) >= 11 is 5.92. The Labute approximate surface area is 158 Å². The van der Waals surface area contributed by atoms with Crippen LogP contribution in [-0.2, 0) is 9.53 Å². The van der Waals surface area contributed by atoms with Crippen LogP contribution in [0, 0.1) is 21.4 Å². The predicted octanol–water partition coefficient (Wildman–Crippen LogP) is 3.58. The van der Waals surface area contributed by atoms with Gasteiger partial charge in [0.1, 0.15) is 11.6 Å². The summed E-state index contributed by atoms with van der Waals surface area (Å²) in [6, 6.07) is 11.4. The summed E-state index contributed by atoms with van der Waals surface area (Å²) in [5, 5.41) is 22.3. The standard InChI is InChI=1S/C18H12ClN3O5/c1-27-18(24)12-4-2-11(3-5-12)8-13(10-20)17(23)21-16-7-6-14(22(25)26)9-15(16)19/h2-9H,1H3,(H,21,23). The van der Waals surface area contributed by atoms with Crippen molar-refractivity contribution < 1.29 is 19.2 Å². The van der Waals surface area contributed by atoms with Crippen LogP contribution in [0.25, 0.3) is 6.08 Å². The largest absolute Gasteiger partial charge is 0.465 e. The Morgan fingerprint density at radius 3 is 2.44 bits per heavy atom. The number of non-ortho nitro benzene ring substituents is 1. The molecule has 136 valence electrons. The molecule has 27 heavy (non-hydrogen) atoms. The van der Waals surface area contributed by atoms with E-state index >= 15 is 0 Å². The fourth-order valence-corrected chi connectivity index (χ4v) is 2.28. The molecule has 2 aromatic rings. The molecule has 2 aromatic carbocycles. The second kappa shape index (κ2) is 8.60. The van der Waals surface area contributed by atoms with Gasteiger partial charge in [-0.2, -0.15) is 5.26 Å². The Hall–Kier alpha value is -3.70. The van der Waals surface area contributed by atoms with Gasteiger partial charge in [-0.25, -0.2) is 4.79 Å². The van der Waals surface area contributed by atoms with Crippen LogP contribution >= 0.6 is 11.6 Å². The van der Waals surface area contributed by atoms with Crippen molar-refractivity contribution in [3.63, 3.8) is 0 Å². The van der Waals surface area contributed by atoms with Crippen molar-refractivity contribution in [1.82, 2.24) is 0 Å². The number of benzene rings is 2. The molecule has 0 spiro atoms. The van der Waals surface area contributed by atoms with Crippen molar-refractivity contribution >= 4 is 40.9 Å². The molecular formula is C18H12ClN3O5. The maximum absolute atomic E-state index is 12.3. The van der Waals surface area contributed by atoms with Crippen LogP contribution in [0.3, 0.4) is 0 Å². The van der Waals surface area contributed by atoms with E-state index in [4.69, 9.17) is 11.6 Å². The van der Waals surface area contributed by atoms with Crippen molar-refractivity contribution in [3.05, 3.63) is 74.3 Å². The van der Waals surface area contributed by atoms with E-state index in [-0.39, 0.29) is 22.0 Å². The van der Waals surface area contributed by atoms with Gasteiger partial charge in [0.25, 0.3) is 11.6 Å². The lowest BCUT2D eigenvalue weighted by Gasteiger charge is -2.06. The number of rotatable bonds is 5. The molecule has 8 nitrogen and oxygen atoms in total. The molecule has 9 heteroatoms. The number of hydrogen-bond acceptors (Lipinski definition) is 6.